The van der Waals surface area contributed by atoms with Crippen molar-refractivity contribution in [1.82, 2.24) is 4.90 Å². The number of esters is 1. The summed E-state index contributed by atoms with van der Waals surface area (Å²) in [6, 6.07) is 4.34. The van der Waals surface area contributed by atoms with Gasteiger partial charge in [-0.05, 0) is 30.4 Å². The van der Waals surface area contributed by atoms with E-state index in [1.165, 1.54) is 12.1 Å². The van der Waals surface area contributed by atoms with Gasteiger partial charge < -0.3 is 9.64 Å². The maximum absolute atomic E-state index is 12.2. The summed E-state index contributed by atoms with van der Waals surface area (Å²) in [7, 11) is 0. The minimum Gasteiger partial charge on any atom is -0.391 e. The van der Waals surface area contributed by atoms with Crippen LogP contribution in [0.5, 0.6) is 0 Å². The fourth-order valence-corrected chi connectivity index (χ4v) is 2.74. The molecule has 1 saturated heterocycles. The van der Waals surface area contributed by atoms with Crippen LogP contribution in [-0.4, -0.2) is 34.4 Å². The lowest BCUT2D eigenvalue weighted by atomic mass is 10.0. The topological polar surface area (TPSA) is 85.0 Å². The lowest BCUT2D eigenvalue weighted by molar-refractivity contribution is -0.384. The van der Waals surface area contributed by atoms with Crippen LogP contribution in [0.3, 0.4) is 0 Å². The molecule has 0 N–H and O–H groups in total. The van der Waals surface area contributed by atoms with Gasteiger partial charge in [0.25, 0.3) is 5.69 Å². The van der Waals surface area contributed by atoms with E-state index in [-0.39, 0.29) is 29.6 Å². The molecule has 0 aromatic heterocycles. The zero-order valence-corrected chi connectivity index (χ0v) is 14.6. The number of nitro groups is 1. The summed E-state index contributed by atoms with van der Waals surface area (Å²) in [5.41, 5.74) is 1.23. The van der Waals surface area contributed by atoms with E-state index < -0.39 is 4.92 Å². The van der Waals surface area contributed by atoms with Crippen LogP contribution in [-0.2, 0) is 9.53 Å². The third-order valence-corrected chi connectivity index (χ3v) is 3.82. The Hall–Kier alpha value is -2.44. The van der Waals surface area contributed by atoms with E-state index in [0.29, 0.717) is 23.7 Å². The Kier molecular flexibility index (Phi) is 5.21. The number of rotatable bonds is 5. The van der Waals surface area contributed by atoms with Crippen LogP contribution in [0.15, 0.2) is 23.2 Å². The Balaban J connectivity index is 2.39. The molecule has 1 aliphatic rings. The molecular weight excluding hydrogens is 310 g/mol. The number of cyclic esters (lactones) is 1. The smallest absolute Gasteiger partial charge is 0.336 e. The van der Waals surface area contributed by atoms with Crippen molar-refractivity contribution in [1.29, 1.82) is 0 Å². The third-order valence-electron chi connectivity index (χ3n) is 3.82. The predicted molar refractivity (Wildman–Crippen MR) is 91.2 cm³/mol. The summed E-state index contributed by atoms with van der Waals surface area (Å²) in [5, 5.41) is 10.8. The molecule has 1 aromatic rings. The average molecular weight is 333 g/mol. The summed E-state index contributed by atoms with van der Waals surface area (Å²) in [6.07, 6.45) is 0. The number of carbonyl (C=O) groups is 1. The van der Waals surface area contributed by atoms with E-state index in [1.807, 2.05) is 18.7 Å². The second-order valence-corrected chi connectivity index (χ2v) is 6.78. The summed E-state index contributed by atoms with van der Waals surface area (Å²) >= 11 is 0. The highest BCUT2D eigenvalue weighted by atomic mass is 16.6. The zero-order valence-electron chi connectivity index (χ0n) is 14.6. The molecule has 24 heavy (non-hydrogen) atoms. The first-order valence-corrected chi connectivity index (χ1v) is 8.02. The summed E-state index contributed by atoms with van der Waals surface area (Å²) in [6.45, 7) is 10.5. The van der Waals surface area contributed by atoms with Crippen LogP contribution in [0.4, 0.5) is 11.4 Å². The fraction of sp³-hybridized carbons (Fsp3) is 0.529. The molecule has 0 unspecified atom stereocenters. The number of benzene rings is 1. The highest BCUT2D eigenvalue weighted by Gasteiger charge is 2.41. The first kappa shape index (κ1) is 17.9. The van der Waals surface area contributed by atoms with E-state index >= 15 is 0 Å². The van der Waals surface area contributed by atoms with Crippen LogP contribution in [0.25, 0.3) is 0 Å². The van der Waals surface area contributed by atoms with Gasteiger partial charge in [-0.15, -0.1) is 0 Å². The molecule has 1 aliphatic heterocycles. The van der Waals surface area contributed by atoms with Gasteiger partial charge in [0.2, 0.25) is 0 Å². The molecule has 0 spiro atoms. The number of aryl methyl sites for hydroxylation is 1. The molecule has 1 heterocycles. The molecule has 2 rings (SSSR count). The second-order valence-electron chi connectivity index (χ2n) is 6.78. The third kappa shape index (κ3) is 3.72. The molecule has 0 radical (unpaired) electrons. The minimum absolute atomic E-state index is 0.0129. The van der Waals surface area contributed by atoms with E-state index in [1.54, 1.807) is 13.0 Å². The van der Waals surface area contributed by atoms with Crippen LogP contribution >= 0.6 is 0 Å². The quantitative estimate of drug-likeness (QED) is 0.468. The number of ether oxygens (including phenoxy) is 1. The number of hydrogen-bond donors (Lipinski definition) is 0. The van der Waals surface area contributed by atoms with Gasteiger partial charge in [0.1, 0.15) is 6.04 Å². The molecule has 0 amide bonds. The van der Waals surface area contributed by atoms with Crippen molar-refractivity contribution in [2.24, 2.45) is 16.8 Å². The molecular formula is C17H23N3O4. The molecule has 7 nitrogen and oxygen atoms in total. The molecule has 7 heteroatoms. The van der Waals surface area contributed by atoms with Crippen molar-refractivity contribution >= 4 is 23.4 Å². The molecule has 0 aliphatic carbocycles. The van der Waals surface area contributed by atoms with Crippen molar-refractivity contribution in [3.8, 4) is 0 Å². The van der Waals surface area contributed by atoms with Crippen LogP contribution in [0.2, 0.25) is 0 Å². The Morgan fingerprint density at radius 2 is 2.00 bits per heavy atom. The van der Waals surface area contributed by atoms with Gasteiger partial charge in [0, 0.05) is 18.7 Å². The van der Waals surface area contributed by atoms with Crippen LogP contribution in [0, 0.1) is 28.9 Å². The van der Waals surface area contributed by atoms with Crippen molar-refractivity contribution in [3.05, 3.63) is 33.9 Å². The van der Waals surface area contributed by atoms with E-state index in [2.05, 4.69) is 18.8 Å². The SMILES string of the molecule is Cc1cc([N+](=O)[O-])ccc1N=C1OC(=O)[C@H](C(C)C)N1CC(C)C. The molecule has 1 fully saturated rings. The molecule has 1 atom stereocenters. The Morgan fingerprint density at radius 1 is 1.33 bits per heavy atom. The molecule has 1 aromatic carbocycles. The lowest BCUT2D eigenvalue weighted by Crippen LogP contribution is -2.41. The Bertz CT molecular complexity index is 682. The van der Waals surface area contributed by atoms with Crippen molar-refractivity contribution < 1.29 is 14.5 Å². The van der Waals surface area contributed by atoms with Crippen molar-refractivity contribution in [2.75, 3.05) is 6.54 Å². The van der Waals surface area contributed by atoms with E-state index in [9.17, 15) is 14.9 Å². The van der Waals surface area contributed by atoms with Gasteiger partial charge in [-0.2, -0.15) is 4.99 Å². The number of carbonyl (C=O) groups excluding carboxylic acids is 1. The number of hydrogen-bond acceptors (Lipinski definition) is 5. The highest BCUT2D eigenvalue weighted by Crippen LogP contribution is 2.28. The number of aliphatic imine (C=N–C) groups is 1. The van der Waals surface area contributed by atoms with Gasteiger partial charge in [0.05, 0.1) is 10.6 Å². The lowest BCUT2D eigenvalue weighted by Gasteiger charge is -2.26. The molecule has 0 saturated carbocycles. The van der Waals surface area contributed by atoms with Gasteiger partial charge in [0.15, 0.2) is 0 Å². The van der Waals surface area contributed by atoms with Crippen LogP contribution < -0.4 is 0 Å². The Labute approximate surface area is 141 Å². The largest absolute Gasteiger partial charge is 0.391 e. The normalized spacial score (nSPS) is 19.5. The number of amidine groups is 1. The number of nitrogens with zero attached hydrogens (tertiary/aromatic N) is 3. The van der Waals surface area contributed by atoms with E-state index in [0.717, 1.165) is 0 Å². The number of non-ortho nitro benzene ring substituents is 1. The van der Waals surface area contributed by atoms with Gasteiger partial charge >= 0.3 is 12.0 Å². The fourth-order valence-electron chi connectivity index (χ4n) is 2.74. The maximum Gasteiger partial charge on any atom is 0.336 e. The van der Waals surface area contributed by atoms with Gasteiger partial charge in [-0.3, -0.25) is 10.1 Å². The standard InChI is InChI=1S/C17H23N3O4/c1-10(2)9-19-15(11(3)4)16(21)24-17(19)18-14-7-6-13(20(22)23)8-12(14)5/h6-8,10-11,15H,9H2,1-5H3/t15-/m0/s1. The van der Waals surface area contributed by atoms with Gasteiger partial charge in [-0.25, -0.2) is 4.79 Å². The van der Waals surface area contributed by atoms with Gasteiger partial charge in [-0.1, -0.05) is 27.7 Å². The van der Waals surface area contributed by atoms with Crippen molar-refractivity contribution in [2.45, 2.75) is 40.7 Å². The predicted octanol–water partition coefficient (Wildman–Crippen LogP) is 3.43. The summed E-state index contributed by atoms with van der Waals surface area (Å²) in [5.74, 6) is 0.134. The second kappa shape index (κ2) is 6.98. The monoisotopic (exact) mass is 333 g/mol. The summed E-state index contributed by atoms with van der Waals surface area (Å²) < 4.78 is 5.39. The van der Waals surface area contributed by atoms with Crippen LogP contribution in [0.1, 0.15) is 33.3 Å². The zero-order chi connectivity index (χ0) is 18.0. The average Bonchev–Trinajstić information content (AvgIpc) is 2.76. The minimum atomic E-state index is -0.445. The molecule has 0 bridgehead atoms. The van der Waals surface area contributed by atoms with Crippen molar-refractivity contribution in [3.63, 3.8) is 0 Å². The first-order chi connectivity index (χ1) is 11.2. The van der Waals surface area contributed by atoms with E-state index in [4.69, 9.17) is 4.74 Å². The Morgan fingerprint density at radius 3 is 2.50 bits per heavy atom. The molecule has 130 valence electrons. The first-order valence-electron chi connectivity index (χ1n) is 8.02. The summed E-state index contributed by atoms with van der Waals surface area (Å²) in [4.78, 5) is 28.9. The maximum atomic E-state index is 12.2. The number of nitro benzene ring substituents is 1. The highest BCUT2D eigenvalue weighted by molar-refractivity contribution is 5.99.